The van der Waals surface area contributed by atoms with Crippen molar-refractivity contribution in [3.05, 3.63) is 47.9 Å². The van der Waals surface area contributed by atoms with Gasteiger partial charge >= 0.3 is 0 Å². The second-order valence-corrected chi connectivity index (χ2v) is 4.16. The van der Waals surface area contributed by atoms with Crippen LogP contribution in [0.3, 0.4) is 0 Å². The first-order chi connectivity index (χ1) is 7.81. The number of aliphatic hydroxyl groups is 1. The predicted molar refractivity (Wildman–Crippen MR) is 61.0 cm³/mol. The Morgan fingerprint density at radius 3 is 2.94 bits per heavy atom. The minimum atomic E-state index is -1.27. The van der Waals surface area contributed by atoms with Crippen LogP contribution in [0.1, 0.15) is 11.0 Å². The third-order valence-corrected chi connectivity index (χ3v) is 3.15. The fourth-order valence-electron chi connectivity index (χ4n) is 1.25. The van der Waals surface area contributed by atoms with Crippen LogP contribution in [0.4, 0.5) is 4.39 Å². The van der Waals surface area contributed by atoms with Crippen molar-refractivity contribution in [1.29, 1.82) is 0 Å². The summed E-state index contributed by atoms with van der Waals surface area (Å²) >= 11 is 1.31. The highest BCUT2D eigenvalue weighted by molar-refractivity contribution is 7.15. The molecule has 1 unspecified atom stereocenters. The molecule has 2 rings (SSSR count). The standard InChI is InChI=1S/C11H9FN2OS/c12-8(4-6-15)10-1-2-11(16-10)9-3-5-13-7-14-9/h1-8,15H/b6-4-. The Kier molecular flexibility index (Phi) is 3.26. The topological polar surface area (TPSA) is 46.0 Å². The third-order valence-electron chi connectivity index (χ3n) is 1.99. The number of aliphatic hydroxyl groups excluding tert-OH is 1. The van der Waals surface area contributed by atoms with E-state index in [-0.39, 0.29) is 0 Å². The van der Waals surface area contributed by atoms with Crippen molar-refractivity contribution in [1.82, 2.24) is 9.97 Å². The normalized spacial score (nSPS) is 13.1. The van der Waals surface area contributed by atoms with E-state index in [0.717, 1.165) is 22.9 Å². The molecule has 0 spiro atoms. The summed E-state index contributed by atoms with van der Waals surface area (Å²) in [5.74, 6) is 0. The summed E-state index contributed by atoms with van der Waals surface area (Å²) in [4.78, 5) is 9.32. The lowest BCUT2D eigenvalue weighted by Gasteiger charge is -1.97. The second kappa shape index (κ2) is 4.85. The molecule has 2 heterocycles. The molecule has 0 amide bonds. The molecule has 5 heteroatoms. The first kappa shape index (κ1) is 10.8. The van der Waals surface area contributed by atoms with Gasteiger partial charge < -0.3 is 5.11 Å². The lowest BCUT2D eigenvalue weighted by atomic mass is 10.3. The summed E-state index contributed by atoms with van der Waals surface area (Å²) in [6.45, 7) is 0. The molecule has 0 aliphatic heterocycles. The highest BCUT2D eigenvalue weighted by Gasteiger charge is 2.10. The number of hydrogen-bond acceptors (Lipinski definition) is 4. The van der Waals surface area contributed by atoms with Crippen molar-refractivity contribution >= 4 is 11.3 Å². The lowest BCUT2D eigenvalue weighted by Crippen LogP contribution is -1.80. The van der Waals surface area contributed by atoms with Gasteiger partial charge in [-0.05, 0) is 24.3 Å². The molecular formula is C11H9FN2OS. The molecule has 0 saturated heterocycles. The first-order valence-electron chi connectivity index (χ1n) is 4.62. The molecule has 2 aromatic heterocycles. The van der Waals surface area contributed by atoms with Crippen LogP contribution in [-0.4, -0.2) is 15.1 Å². The number of nitrogens with zero attached hydrogens (tertiary/aromatic N) is 2. The summed E-state index contributed by atoms with van der Waals surface area (Å²) in [6, 6.07) is 5.26. The first-order valence-corrected chi connectivity index (χ1v) is 5.44. The highest BCUT2D eigenvalue weighted by atomic mass is 32.1. The van der Waals surface area contributed by atoms with Gasteiger partial charge in [0.05, 0.1) is 16.8 Å². The predicted octanol–water partition coefficient (Wildman–Crippen LogP) is 3.29. The van der Waals surface area contributed by atoms with E-state index in [4.69, 9.17) is 5.11 Å². The maximum absolute atomic E-state index is 13.4. The Labute approximate surface area is 95.9 Å². The Bertz CT molecular complexity index is 484. The van der Waals surface area contributed by atoms with E-state index in [9.17, 15) is 4.39 Å². The summed E-state index contributed by atoms with van der Waals surface area (Å²) < 4.78 is 13.4. The molecule has 1 atom stereocenters. The maximum Gasteiger partial charge on any atom is 0.156 e. The number of thiophene rings is 1. The summed E-state index contributed by atoms with van der Waals surface area (Å²) in [5, 5.41) is 8.49. The minimum Gasteiger partial charge on any atom is -0.516 e. The van der Waals surface area contributed by atoms with Gasteiger partial charge in [-0.25, -0.2) is 14.4 Å². The van der Waals surface area contributed by atoms with Crippen molar-refractivity contribution in [3.8, 4) is 10.6 Å². The van der Waals surface area contributed by atoms with E-state index in [1.807, 2.05) is 0 Å². The Morgan fingerprint density at radius 2 is 2.25 bits per heavy atom. The number of aromatic nitrogens is 2. The SMILES string of the molecule is O/C=C\C(F)c1ccc(-c2ccncn2)s1. The van der Waals surface area contributed by atoms with Crippen LogP contribution in [-0.2, 0) is 0 Å². The molecule has 82 valence electrons. The van der Waals surface area contributed by atoms with E-state index < -0.39 is 6.17 Å². The molecule has 0 aliphatic carbocycles. The van der Waals surface area contributed by atoms with Crippen LogP contribution in [0, 0.1) is 0 Å². The van der Waals surface area contributed by atoms with Crippen molar-refractivity contribution in [2.24, 2.45) is 0 Å². The zero-order chi connectivity index (χ0) is 11.4. The second-order valence-electron chi connectivity index (χ2n) is 3.04. The van der Waals surface area contributed by atoms with Crippen LogP contribution in [0.15, 0.2) is 43.1 Å². The average molecular weight is 236 g/mol. The molecule has 2 aromatic rings. The molecule has 1 N–H and O–H groups in total. The smallest absolute Gasteiger partial charge is 0.156 e. The molecular weight excluding hydrogens is 227 g/mol. The minimum absolute atomic E-state index is 0.541. The van der Waals surface area contributed by atoms with Gasteiger partial charge in [-0.15, -0.1) is 11.3 Å². The Morgan fingerprint density at radius 1 is 1.38 bits per heavy atom. The van der Waals surface area contributed by atoms with E-state index in [2.05, 4.69) is 9.97 Å². The molecule has 3 nitrogen and oxygen atoms in total. The van der Waals surface area contributed by atoms with Crippen molar-refractivity contribution in [2.75, 3.05) is 0 Å². The third kappa shape index (κ3) is 2.25. The molecule has 0 bridgehead atoms. The Balaban J connectivity index is 2.26. The molecule has 0 fully saturated rings. The van der Waals surface area contributed by atoms with E-state index in [1.165, 1.54) is 17.7 Å². The highest BCUT2D eigenvalue weighted by Crippen LogP contribution is 2.32. The molecule has 0 saturated carbocycles. The van der Waals surface area contributed by atoms with E-state index in [0.29, 0.717) is 4.88 Å². The van der Waals surface area contributed by atoms with Gasteiger partial charge in [-0.1, -0.05) is 0 Å². The van der Waals surface area contributed by atoms with Gasteiger partial charge in [-0.3, -0.25) is 0 Å². The fraction of sp³-hybridized carbons (Fsp3) is 0.0909. The van der Waals surface area contributed by atoms with Crippen LogP contribution in [0.5, 0.6) is 0 Å². The quantitative estimate of drug-likeness (QED) is 0.832. The number of hydrogen-bond donors (Lipinski definition) is 1. The zero-order valence-electron chi connectivity index (χ0n) is 8.25. The average Bonchev–Trinajstić information content (AvgIpc) is 2.80. The summed E-state index contributed by atoms with van der Waals surface area (Å²) in [7, 11) is 0. The molecule has 0 aromatic carbocycles. The van der Waals surface area contributed by atoms with Crippen LogP contribution >= 0.6 is 11.3 Å². The largest absolute Gasteiger partial charge is 0.516 e. The number of alkyl halides is 1. The van der Waals surface area contributed by atoms with Gasteiger partial charge in [0.15, 0.2) is 6.17 Å². The Hall–Kier alpha value is -1.75. The van der Waals surface area contributed by atoms with Gasteiger partial charge in [-0.2, -0.15) is 0 Å². The van der Waals surface area contributed by atoms with Crippen molar-refractivity contribution in [2.45, 2.75) is 6.17 Å². The van der Waals surface area contributed by atoms with Gasteiger partial charge in [0.25, 0.3) is 0 Å². The number of halogens is 1. The van der Waals surface area contributed by atoms with Gasteiger partial charge in [0.2, 0.25) is 0 Å². The summed E-state index contributed by atoms with van der Waals surface area (Å²) in [6.07, 6.45) is 3.63. The van der Waals surface area contributed by atoms with Crippen LogP contribution < -0.4 is 0 Å². The van der Waals surface area contributed by atoms with Gasteiger partial charge in [0, 0.05) is 11.1 Å². The molecule has 16 heavy (non-hydrogen) atoms. The van der Waals surface area contributed by atoms with E-state index in [1.54, 1.807) is 24.4 Å². The molecule has 0 radical (unpaired) electrons. The summed E-state index contributed by atoms with van der Waals surface area (Å²) in [5.41, 5.74) is 0.770. The van der Waals surface area contributed by atoms with Crippen LogP contribution in [0.2, 0.25) is 0 Å². The van der Waals surface area contributed by atoms with Crippen molar-refractivity contribution in [3.63, 3.8) is 0 Å². The fourth-order valence-corrected chi connectivity index (χ4v) is 2.19. The monoisotopic (exact) mass is 236 g/mol. The van der Waals surface area contributed by atoms with Gasteiger partial charge in [0.1, 0.15) is 6.33 Å². The number of rotatable bonds is 3. The zero-order valence-corrected chi connectivity index (χ0v) is 9.06. The van der Waals surface area contributed by atoms with E-state index >= 15 is 0 Å². The lowest BCUT2D eigenvalue weighted by molar-refractivity contribution is 0.401. The number of allylic oxidation sites excluding steroid dienone is 1. The van der Waals surface area contributed by atoms with Crippen molar-refractivity contribution < 1.29 is 9.50 Å². The van der Waals surface area contributed by atoms with Crippen LogP contribution in [0.25, 0.3) is 10.6 Å². The molecule has 0 aliphatic rings. The maximum atomic E-state index is 13.4.